The Morgan fingerprint density at radius 2 is 2.18 bits per heavy atom. The van der Waals surface area contributed by atoms with E-state index < -0.39 is 0 Å². The van der Waals surface area contributed by atoms with Crippen LogP contribution in [0.25, 0.3) is 16.5 Å². The molecule has 1 aliphatic heterocycles. The van der Waals surface area contributed by atoms with E-state index in [0.717, 1.165) is 28.5 Å². The Morgan fingerprint density at radius 3 is 2.95 bits per heavy atom. The highest BCUT2D eigenvalue weighted by Gasteiger charge is 2.17. The summed E-state index contributed by atoms with van der Waals surface area (Å²) in [6.45, 7) is 2.98. The van der Waals surface area contributed by atoms with E-state index in [1.54, 1.807) is 13.0 Å². The average Bonchev–Trinajstić information content (AvgIpc) is 2.87. The van der Waals surface area contributed by atoms with Crippen molar-refractivity contribution in [3.8, 4) is 0 Å². The minimum Gasteiger partial charge on any atom is -0.465 e. The molecule has 2 aromatic rings. The van der Waals surface area contributed by atoms with E-state index in [4.69, 9.17) is 4.74 Å². The summed E-state index contributed by atoms with van der Waals surface area (Å²) in [6.07, 6.45) is 4.37. The van der Waals surface area contributed by atoms with Gasteiger partial charge < -0.3 is 14.6 Å². The molecule has 0 bridgehead atoms. The Morgan fingerprint density at radius 1 is 1.36 bits per heavy atom. The van der Waals surface area contributed by atoms with Crippen molar-refractivity contribution in [1.82, 2.24) is 9.88 Å². The minimum atomic E-state index is -0.259. The van der Waals surface area contributed by atoms with Gasteiger partial charge in [0.05, 0.1) is 6.61 Å². The van der Waals surface area contributed by atoms with Gasteiger partial charge >= 0.3 is 5.97 Å². The van der Waals surface area contributed by atoms with E-state index in [1.807, 2.05) is 35.0 Å². The monoisotopic (exact) mass is 298 g/mol. The molecule has 0 saturated carbocycles. The molecule has 0 spiro atoms. The molecule has 1 amide bonds. The lowest BCUT2D eigenvalue weighted by Gasteiger charge is -2.12. The number of nitrogens with zero attached hydrogens (tertiary/aromatic N) is 1. The second-order valence-electron chi connectivity index (χ2n) is 5.20. The van der Waals surface area contributed by atoms with E-state index in [0.29, 0.717) is 13.2 Å². The fourth-order valence-electron chi connectivity index (χ4n) is 2.79. The number of nitrogens with one attached hydrogen (secondary N) is 1. The minimum absolute atomic E-state index is 0.0662. The zero-order valence-electron chi connectivity index (χ0n) is 12.5. The summed E-state index contributed by atoms with van der Waals surface area (Å²) >= 11 is 0. The molecule has 0 fully saturated rings. The summed E-state index contributed by atoms with van der Waals surface area (Å²) in [5.74, 6) is -0.325. The molecule has 5 heteroatoms. The maximum atomic E-state index is 11.8. The Bertz CT molecular complexity index is 758. The van der Waals surface area contributed by atoms with Crippen LogP contribution in [-0.2, 0) is 20.9 Å². The van der Waals surface area contributed by atoms with Gasteiger partial charge in [-0.15, -0.1) is 0 Å². The number of ether oxygens (including phenoxy) is 1. The number of esters is 1. The Balaban J connectivity index is 2.04. The van der Waals surface area contributed by atoms with Gasteiger partial charge in [-0.3, -0.25) is 9.59 Å². The van der Waals surface area contributed by atoms with Crippen LogP contribution in [0.3, 0.4) is 0 Å². The summed E-state index contributed by atoms with van der Waals surface area (Å²) in [5.41, 5.74) is 2.98. The molecular formula is C17H18N2O3. The molecule has 1 aliphatic rings. The molecule has 3 rings (SSSR count). The van der Waals surface area contributed by atoms with E-state index in [2.05, 4.69) is 5.32 Å². The van der Waals surface area contributed by atoms with Crippen LogP contribution in [0.5, 0.6) is 0 Å². The second kappa shape index (κ2) is 6.05. The van der Waals surface area contributed by atoms with Gasteiger partial charge in [-0.2, -0.15) is 0 Å². The summed E-state index contributed by atoms with van der Waals surface area (Å²) in [7, 11) is 0. The number of hydrogen-bond donors (Lipinski definition) is 1. The van der Waals surface area contributed by atoms with Gasteiger partial charge in [-0.05, 0) is 25.0 Å². The van der Waals surface area contributed by atoms with Crippen LogP contribution in [-0.4, -0.2) is 29.6 Å². The predicted octanol–water partition coefficient (Wildman–Crippen LogP) is 2.11. The molecule has 1 aromatic carbocycles. The number of aromatic nitrogens is 1. The van der Waals surface area contributed by atoms with Crippen molar-refractivity contribution >= 4 is 28.4 Å². The third-order valence-corrected chi connectivity index (χ3v) is 3.74. The lowest BCUT2D eigenvalue weighted by molar-refractivity contribution is -0.143. The third-order valence-electron chi connectivity index (χ3n) is 3.74. The summed E-state index contributed by atoms with van der Waals surface area (Å²) < 4.78 is 6.91. The standard InChI is InChI=1S/C17H18N2O3/c1-2-22-17(21)11-19-10-14(12-7-8-18-16(20)9-12)13-5-3-4-6-15(13)19/h3-6,9-10H,2,7-8,11H2,1H3,(H,18,20). The van der Waals surface area contributed by atoms with Crippen LogP contribution in [0, 0.1) is 0 Å². The van der Waals surface area contributed by atoms with Crippen LogP contribution in [0.2, 0.25) is 0 Å². The molecular weight excluding hydrogens is 280 g/mol. The van der Waals surface area contributed by atoms with Gasteiger partial charge in [0.25, 0.3) is 0 Å². The first-order valence-corrected chi connectivity index (χ1v) is 7.41. The molecule has 5 nitrogen and oxygen atoms in total. The van der Waals surface area contributed by atoms with Gasteiger partial charge in [-0.25, -0.2) is 0 Å². The molecule has 0 radical (unpaired) electrons. The van der Waals surface area contributed by atoms with E-state index in [1.165, 1.54) is 0 Å². The van der Waals surface area contributed by atoms with Crippen molar-refractivity contribution in [3.05, 3.63) is 42.1 Å². The highest BCUT2D eigenvalue weighted by molar-refractivity contribution is 6.02. The number of amides is 1. The Labute approximate surface area is 128 Å². The van der Waals surface area contributed by atoms with Gasteiger partial charge in [-0.1, -0.05) is 18.2 Å². The Kier molecular flexibility index (Phi) is 3.96. The maximum Gasteiger partial charge on any atom is 0.325 e. The number of para-hydroxylation sites is 1. The molecule has 2 heterocycles. The molecule has 0 saturated heterocycles. The smallest absolute Gasteiger partial charge is 0.325 e. The summed E-state index contributed by atoms with van der Waals surface area (Å²) in [4.78, 5) is 23.4. The molecule has 0 unspecified atom stereocenters. The normalized spacial score (nSPS) is 14.6. The highest BCUT2D eigenvalue weighted by Crippen LogP contribution is 2.30. The van der Waals surface area contributed by atoms with Crippen LogP contribution in [0.1, 0.15) is 18.9 Å². The van der Waals surface area contributed by atoms with Crippen molar-refractivity contribution in [2.45, 2.75) is 19.9 Å². The van der Waals surface area contributed by atoms with Gasteiger partial charge in [0, 0.05) is 35.3 Å². The Hall–Kier alpha value is -2.56. The molecule has 1 N–H and O–H groups in total. The molecule has 114 valence electrons. The highest BCUT2D eigenvalue weighted by atomic mass is 16.5. The van der Waals surface area contributed by atoms with Crippen LogP contribution in [0.15, 0.2) is 36.5 Å². The van der Waals surface area contributed by atoms with Gasteiger partial charge in [0.1, 0.15) is 6.54 Å². The first-order valence-electron chi connectivity index (χ1n) is 7.41. The SMILES string of the molecule is CCOC(=O)Cn1cc(C2=CC(=O)NCC2)c2ccccc21. The number of fused-ring (bicyclic) bond motifs is 1. The van der Waals surface area contributed by atoms with Crippen molar-refractivity contribution in [2.24, 2.45) is 0 Å². The van der Waals surface area contributed by atoms with E-state index in [9.17, 15) is 9.59 Å². The lowest BCUT2D eigenvalue weighted by atomic mass is 9.99. The number of benzene rings is 1. The number of rotatable bonds is 4. The van der Waals surface area contributed by atoms with Crippen LogP contribution < -0.4 is 5.32 Å². The van der Waals surface area contributed by atoms with Crippen molar-refractivity contribution in [2.75, 3.05) is 13.2 Å². The first kappa shape index (κ1) is 14.4. The van der Waals surface area contributed by atoms with Gasteiger partial charge in [0.2, 0.25) is 5.91 Å². The zero-order valence-corrected chi connectivity index (χ0v) is 12.5. The molecule has 0 aliphatic carbocycles. The number of carbonyl (C=O) groups excluding carboxylic acids is 2. The predicted molar refractivity (Wildman–Crippen MR) is 84.2 cm³/mol. The number of hydrogen-bond acceptors (Lipinski definition) is 3. The van der Waals surface area contributed by atoms with E-state index >= 15 is 0 Å². The first-order chi connectivity index (χ1) is 10.7. The fourth-order valence-corrected chi connectivity index (χ4v) is 2.79. The topological polar surface area (TPSA) is 60.3 Å². The van der Waals surface area contributed by atoms with Crippen molar-refractivity contribution in [1.29, 1.82) is 0 Å². The van der Waals surface area contributed by atoms with E-state index in [-0.39, 0.29) is 18.4 Å². The fraction of sp³-hybridized carbons (Fsp3) is 0.294. The molecule has 0 atom stereocenters. The average molecular weight is 298 g/mol. The van der Waals surface area contributed by atoms with Crippen LogP contribution >= 0.6 is 0 Å². The number of carbonyl (C=O) groups is 2. The summed E-state index contributed by atoms with van der Waals surface area (Å²) in [6, 6.07) is 7.89. The third kappa shape index (κ3) is 2.74. The quantitative estimate of drug-likeness (QED) is 0.879. The summed E-state index contributed by atoms with van der Waals surface area (Å²) in [5, 5.41) is 3.84. The maximum absolute atomic E-state index is 11.8. The zero-order chi connectivity index (χ0) is 15.5. The lowest BCUT2D eigenvalue weighted by Crippen LogP contribution is -2.26. The van der Waals surface area contributed by atoms with Crippen molar-refractivity contribution in [3.63, 3.8) is 0 Å². The largest absolute Gasteiger partial charge is 0.465 e. The van der Waals surface area contributed by atoms with Gasteiger partial charge in [0.15, 0.2) is 0 Å². The van der Waals surface area contributed by atoms with Crippen LogP contribution in [0.4, 0.5) is 0 Å². The molecule has 1 aromatic heterocycles. The second-order valence-corrected chi connectivity index (χ2v) is 5.20. The molecule has 22 heavy (non-hydrogen) atoms. The van der Waals surface area contributed by atoms with Crippen molar-refractivity contribution < 1.29 is 14.3 Å².